The molecular formula is C19H24IN3O2. The molecule has 0 amide bonds. The molecule has 5 nitrogen and oxygen atoms in total. The molecule has 2 aromatic rings. The number of halogens is 1. The predicted molar refractivity (Wildman–Crippen MR) is 112 cm³/mol. The minimum atomic E-state index is 0. The number of hydrogen-bond donors (Lipinski definition) is 2. The molecule has 0 fully saturated rings. The average Bonchev–Trinajstić information content (AvgIpc) is 3.07. The summed E-state index contributed by atoms with van der Waals surface area (Å²) in [7, 11) is 0. The first-order valence-corrected chi connectivity index (χ1v) is 8.21. The van der Waals surface area contributed by atoms with Crippen LogP contribution in [-0.2, 0) is 6.54 Å². The number of fused-ring (bicyclic) bond motifs is 1. The van der Waals surface area contributed by atoms with Crippen LogP contribution in [0, 0.1) is 0 Å². The molecule has 0 spiro atoms. The maximum atomic E-state index is 5.97. The van der Waals surface area contributed by atoms with Gasteiger partial charge < -0.3 is 20.5 Å². The topological polar surface area (TPSA) is 68.9 Å². The third-order valence-electron chi connectivity index (χ3n) is 4.23. The van der Waals surface area contributed by atoms with Crippen molar-refractivity contribution < 1.29 is 9.47 Å². The zero-order valence-corrected chi connectivity index (χ0v) is 16.8. The van der Waals surface area contributed by atoms with E-state index in [1.54, 1.807) is 0 Å². The van der Waals surface area contributed by atoms with Crippen molar-refractivity contribution >= 4 is 35.6 Å². The highest BCUT2D eigenvalue weighted by molar-refractivity contribution is 14.0. The molecule has 0 aromatic heterocycles. The smallest absolute Gasteiger partial charge is 0.231 e. The van der Waals surface area contributed by atoms with E-state index in [2.05, 4.69) is 36.3 Å². The number of hydrogen-bond acceptors (Lipinski definition) is 3. The van der Waals surface area contributed by atoms with E-state index in [0.29, 0.717) is 18.4 Å². The van der Waals surface area contributed by atoms with Crippen molar-refractivity contribution in [2.75, 3.05) is 12.1 Å². The van der Waals surface area contributed by atoms with Crippen molar-refractivity contribution in [3.63, 3.8) is 0 Å². The molecule has 134 valence electrons. The fourth-order valence-corrected chi connectivity index (χ4v) is 2.53. The lowest BCUT2D eigenvalue weighted by Gasteiger charge is -2.11. The number of benzene rings is 2. The summed E-state index contributed by atoms with van der Waals surface area (Å²) in [5.74, 6) is 2.49. The van der Waals surface area contributed by atoms with Gasteiger partial charge in [-0.1, -0.05) is 32.0 Å². The normalized spacial score (nSPS) is 13.9. The maximum absolute atomic E-state index is 5.97. The second-order valence-electron chi connectivity index (χ2n) is 5.95. The first-order chi connectivity index (χ1) is 11.7. The summed E-state index contributed by atoms with van der Waals surface area (Å²) in [5, 5.41) is 3.12. The Morgan fingerprint density at radius 1 is 1.16 bits per heavy atom. The van der Waals surface area contributed by atoms with Gasteiger partial charge in [0, 0.05) is 5.69 Å². The van der Waals surface area contributed by atoms with Crippen LogP contribution in [0.3, 0.4) is 0 Å². The third kappa shape index (κ3) is 5.01. The van der Waals surface area contributed by atoms with Gasteiger partial charge >= 0.3 is 0 Å². The Morgan fingerprint density at radius 3 is 2.60 bits per heavy atom. The lowest BCUT2D eigenvalue weighted by atomic mass is 9.99. The standard InChI is InChI=1S/C19H23N3O2.HI/c1-3-13(2)15-5-7-16(8-6-15)22-19(20)21-11-14-4-9-17-18(10-14)24-12-23-17;/h4-10,13H,3,11-12H2,1-2H3,(H3,20,21,22);1H. The van der Waals surface area contributed by atoms with E-state index in [4.69, 9.17) is 15.2 Å². The van der Waals surface area contributed by atoms with Crippen LogP contribution < -0.4 is 20.5 Å². The summed E-state index contributed by atoms with van der Waals surface area (Å²) in [5.41, 5.74) is 9.27. The van der Waals surface area contributed by atoms with Gasteiger partial charge in [-0.05, 0) is 47.7 Å². The first-order valence-electron chi connectivity index (χ1n) is 8.21. The molecule has 0 saturated carbocycles. The molecule has 25 heavy (non-hydrogen) atoms. The number of aliphatic imine (C=N–C) groups is 1. The quantitative estimate of drug-likeness (QED) is 0.398. The van der Waals surface area contributed by atoms with Crippen LogP contribution in [0.15, 0.2) is 47.5 Å². The molecule has 0 aliphatic carbocycles. The molecule has 1 unspecified atom stereocenters. The van der Waals surface area contributed by atoms with Crippen LogP contribution in [0.25, 0.3) is 0 Å². The average molecular weight is 453 g/mol. The molecule has 0 bridgehead atoms. The van der Waals surface area contributed by atoms with Crippen LogP contribution in [0.4, 0.5) is 5.69 Å². The van der Waals surface area contributed by atoms with E-state index in [1.165, 1.54) is 5.56 Å². The number of ether oxygens (including phenoxy) is 2. The molecule has 2 aromatic carbocycles. The SMILES string of the molecule is CCC(C)c1ccc(NC(N)=NCc2ccc3c(c2)OCO3)cc1.I. The van der Waals surface area contributed by atoms with Crippen LogP contribution in [-0.4, -0.2) is 12.8 Å². The van der Waals surface area contributed by atoms with Crippen molar-refractivity contribution in [1.82, 2.24) is 0 Å². The Kier molecular flexibility index (Phi) is 6.92. The van der Waals surface area contributed by atoms with Gasteiger partial charge in [-0.3, -0.25) is 0 Å². The lowest BCUT2D eigenvalue weighted by molar-refractivity contribution is 0.174. The summed E-state index contributed by atoms with van der Waals surface area (Å²) in [4.78, 5) is 4.38. The summed E-state index contributed by atoms with van der Waals surface area (Å²) >= 11 is 0. The second kappa shape index (κ2) is 8.94. The summed E-state index contributed by atoms with van der Waals surface area (Å²) in [6.07, 6.45) is 1.13. The molecule has 0 radical (unpaired) electrons. The molecule has 1 aliphatic heterocycles. The van der Waals surface area contributed by atoms with Crippen LogP contribution in [0.2, 0.25) is 0 Å². The Morgan fingerprint density at radius 2 is 1.88 bits per heavy atom. The number of nitrogens with two attached hydrogens (primary N) is 1. The van der Waals surface area contributed by atoms with Crippen LogP contribution >= 0.6 is 24.0 Å². The zero-order chi connectivity index (χ0) is 16.9. The second-order valence-corrected chi connectivity index (χ2v) is 5.95. The van der Waals surface area contributed by atoms with Crippen molar-refractivity contribution in [1.29, 1.82) is 0 Å². The van der Waals surface area contributed by atoms with Gasteiger partial charge in [0.15, 0.2) is 17.5 Å². The highest BCUT2D eigenvalue weighted by Crippen LogP contribution is 2.32. The Labute approximate surface area is 165 Å². The number of guanidine groups is 1. The monoisotopic (exact) mass is 453 g/mol. The van der Waals surface area contributed by atoms with Gasteiger partial charge in [-0.15, -0.1) is 24.0 Å². The fourth-order valence-electron chi connectivity index (χ4n) is 2.53. The zero-order valence-electron chi connectivity index (χ0n) is 14.5. The predicted octanol–water partition coefficient (Wildman–Crippen LogP) is 4.47. The van der Waals surface area contributed by atoms with E-state index < -0.39 is 0 Å². The Hall–Kier alpha value is -1.96. The molecule has 1 atom stereocenters. The lowest BCUT2D eigenvalue weighted by Crippen LogP contribution is -2.22. The minimum Gasteiger partial charge on any atom is -0.454 e. The van der Waals surface area contributed by atoms with Gasteiger partial charge in [0.1, 0.15) is 0 Å². The van der Waals surface area contributed by atoms with E-state index in [-0.39, 0.29) is 30.8 Å². The van der Waals surface area contributed by atoms with E-state index >= 15 is 0 Å². The molecule has 3 N–H and O–H groups in total. The minimum absolute atomic E-state index is 0. The summed E-state index contributed by atoms with van der Waals surface area (Å²) in [6.45, 7) is 5.18. The third-order valence-corrected chi connectivity index (χ3v) is 4.23. The van der Waals surface area contributed by atoms with Gasteiger partial charge in [-0.25, -0.2) is 4.99 Å². The number of rotatable bonds is 5. The van der Waals surface area contributed by atoms with E-state index in [0.717, 1.165) is 29.2 Å². The Bertz CT molecular complexity index is 732. The molecule has 1 heterocycles. The summed E-state index contributed by atoms with van der Waals surface area (Å²) < 4.78 is 10.7. The molecule has 0 saturated heterocycles. The van der Waals surface area contributed by atoms with Gasteiger partial charge in [-0.2, -0.15) is 0 Å². The van der Waals surface area contributed by atoms with Crippen molar-refractivity contribution in [3.05, 3.63) is 53.6 Å². The highest BCUT2D eigenvalue weighted by atomic mass is 127. The van der Waals surface area contributed by atoms with Gasteiger partial charge in [0.05, 0.1) is 6.54 Å². The van der Waals surface area contributed by atoms with Gasteiger partial charge in [0.25, 0.3) is 0 Å². The van der Waals surface area contributed by atoms with Crippen LogP contribution in [0.1, 0.15) is 37.3 Å². The largest absolute Gasteiger partial charge is 0.454 e. The van der Waals surface area contributed by atoms with E-state index in [1.807, 2.05) is 30.3 Å². The number of nitrogens with zero attached hydrogens (tertiary/aromatic N) is 1. The Balaban J connectivity index is 0.00000225. The van der Waals surface area contributed by atoms with Gasteiger partial charge in [0.2, 0.25) is 6.79 Å². The molecular weight excluding hydrogens is 429 g/mol. The van der Waals surface area contributed by atoms with Crippen molar-refractivity contribution in [2.24, 2.45) is 10.7 Å². The molecule has 1 aliphatic rings. The fraction of sp³-hybridized carbons (Fsp3) is 0.316. The van der Waals surface area contributed by atoms with Crippen molar-refractivity contribution in [2.45, 2.75) is 32.7 Å². The molecule has 3 rings (SSSR count). The maximum Gasteiger partial charge on any atom is 0.231 e. The number of nitrogens with one attached hydrogen (secondary N) is 1. The van der Waals surface area contributed by atoms with E-state index in [9.17, 15) is 0 Å². The van der Waals surface area contributed by atoms with Crippen LogP contribution in [0.5, 0.6) is 11.5 Å². The summed E-state index contributed by atoms with van der Waals surface area (Å²) in [6, 6.07) is 14.1. The van der Waals surface area contributed by atoms with Crippen molar-refractivity contribution in [3.8, 4) is 11.5 Å². The highest BCUT2D eigenvalue weighted by Gasteiger charge is 2.12. The molecule has 6 heteroatoms. The number of anilines is 1. The first kappa shape index (κ1) is 19.4.